The van der Waals surface area contributed by atoms with E-state index in [1.807, 2.05) is 0 Å². The van der Waals surface area contributed by atoms with Crippen LogP contribution in [0.3, 0.4) is 0 Å². The van der Waals surface area contributed by atoms with Gasteiger partial charge in [0.2, 0.25) is 0 Å². The third kappa shape index (κ3) is 2.87. The highest BCUT2D eigenvalue weighted by Gasteiger charge is 2.13. The van der Waals surface area contributed by atoms with Gasteiger partial charge in [0.05, 0.1) is 11.1 Å². The molecule has 0 bridgehead atoms. The van der Waals surface area contributed by atoms with Gasteiger partial charge in [0.1, 0.15) is 5.82 Å². The van der Waals surface area contributed by atoms with Crippen LogP contribution in [0, 0.1) is 28.7 Å². The summed E-state index contributed by atoms with van der Waals surface area (Å²) in [6.07, 6.45) is 0.895. The van der Waals surface area contributed by atoms with Crippen molar-refractivity contribution in [2.24, 2.45) is 0 Å². The first-order valence-electron chi connectivity index (χ1n) is 5.77. The van der Waals surface area contributed by atoms with Crippen molar-refractivity contribution < 1.29 is 13.7 Å². The molecule has 7 heteroatoms. The van der Waals surface area contributed by atoms with Gasteiger partial charge in [0, 0.05) is 24.2 Å². The largest absolute Gasteiger partial charge is 0.364 e. The third-order valence-corrected chi connectivity index (χ3v) is 2.87. The number of nitrogens with one attached hydrogen (secondary N) is 1. The Morgan fingerprint density at radius 1 is 1.40 bits per heavy atom. The van der Waals surface area contributed by atoms with Gasteiger partial charge >= 0.3 is 0 Å². The van der Waals surface area contributed by atoms with Gasteiger partial charge in [-0.2, -0.15) is 0 Å². The summed E-state index contributed by atoms with van der Waals surface area (Å²) in [5, 5.41) is 13.5. The molecule has 0 aliphatic rings. The van der Waals surface area contributed by atoms with Crippen LogP contribution in [0.4, 0.5) is 20.3 Å². The maximum Gasteiger partial charge on any atom is 0.272 e. The summed E-state index contributed by atoms with van der Waals surface area (Å²) in [7, 11) is 0. The van der Waals surface area contributed by atoms with Gasteiger partial charge in [-0.25, -0.2) is 13.8 Å². The summed E-state index contributed by atoms with van der Waals surface area (Å²) in [5.74, 6) is -1.68. The number of rotatable bonds is 4. The van der Waals surface area contributed by atoms with Gasteiger partial charge in [-0.3, -0.25) is 10.1 Å². The lowest BCUT2D eigenvalue weighted by Crippen LogP contribution is -2.06. The third-order valence-electron chi connectivity index (χ3n) is 2.87. The summed E-state index contributed by atoms with van der Waals surface area (Å²) in [4.78, 5) is 13.9. The highest BCUT2D eigenvalue weighted by atomic mass is 19.1. The van der Waals surface area contributed by atoms with Crippen molar-refractivity contribution in [3.63, 3.8) is 0 Å². The molecule has 2 rings (SSSR count). The summed E-state index contributed by atoms with van der Waals surface area (Å²) in [6, 6.07) is 5.36. The molecule has 104 valence electrons. The zero-order chi connectivity index (χ0) is 14.7. The fraction of sp³-hybridized carbons (Fsp3) is 0.154. The van der Waals surface area contributed by atoms with E-state index in [0.29, 0.717) is 11.1 Å². The van der Waals surface area contributed by atoms with E-state index in [1.165, 1.54) is 6.07 Å². The lowest BCUT2D eigenvalue weighted by molar-refractivity contribution is -0.385. The molecule has 0 aliphatic carbocycles. The first-order chi connectivity index (χ1) is 9.49. The number of nitrogens with zero attached hydrogens (tertiary/aromatic N) is 2. The molecule has 0 fully saturated rings. The second-order valence-corrected chi connectivity index (χ2v) is 4.16. The van der Waals surface area contributed by atoms with Crippen molar-refractivity contribution in [2.45, 2.75) is 13.5 Å². The SMILES string of the molecule is Cc1c(CNc2ncc(F)cc2F)cccc1[N+](=O)[O-]. The van der Waals surface area contributed by atoms with Crippen LogP contribution in [0.25, 0.3) is 0 Å². The molecule has 0 radical (unpaired) electrons. The van der Waals surface area contributed by atoms with Crippen LogP contribution >= 0.6 is 0 Å². The summed E-state index contributed by atoms with van der Waals surface area (Å²) in [5.41, 5.74) is 1.13. The van der Waals surface area contributed by atoms with E-state index in [9.17, 15) is 18.9 Å². The predicted octanol–water partition coefficient (Wildman–Crippen LogP) is 3.19. The molecule has 0 atom stereocenters. The molecule has 1 aromatic carbocycles. The number of anilines is 1. The van der Waals surface area contributed by atoms with Gasteiger partial charge in [-0.05, 0) is 12.5 Å². The topological polar surface area (TPSA) is 68.1 Å². The first kappa shape index (κ1) is 13.9. The van der Waals surface area contributed by atoms with E-state index in [0.717, 1.165) is 12.3 Å². The standard InChI is InChI=1S/C13H11F2N3O2/c1-8-9(3-2-4-12(8)18(19)20)6-16-13-11(15)5-10(14)7-17-13/h2-5,7H,6H2,1H3,(H,16,17). The van der Waals surface area contributed by atoms with Gasteiger partial charge in [0.25, 0.3) is 5.69 Å². The van der Waals surface area contributed by atoms with Crippen LogP contribution in [0.5, 0.6) is 0 Å². The molecule has 0 saturated heterocycles. The van der Waals surface area contributed by atoms with Gasteiger partial charge in [-0.15, -0.1) is 0 Å². The second kappa shape index (κ2) is 5.60. The highest BCUT2D eigenvalue weighted by Crippen LogP contribution is 2.22. The Morgan fingerprint density at radius 3 is 2.80 bits per heavy atom. The number of hydrogen-bond acceptors (Lipinski definition) is 4. The van der Waals surface area contributed by atoms with Crippen molar-refractivity contribution in [1.82, 2.24) is 4.98 Å². The molecule has 1 heterocycles. The van der Waals surface area contributed by atoms with Crippen LogP contribution in [0.2, 0.25) is 0 Å². The fourth-order valence-corrected chi connectivity index (χ4v) is 1.78. The van der Waals surface area contributed by atoms with E-state index >= 15 is 0 Å². The Kier molecular flexibility index (Phi) is 3.88. The Labute approximate surface area is 113 Å². The van der Waals surface area contributed by atoms with Gasteiger partial charge in [-0.1, -0.05) is 12.1 Å². The van der Waals surface area contributed by atoms with E-state index in [4.69, 9.17) is 0 Å². The Bertz CT molecular complexity index is 662. The van der Waals surface area contributed by atoms with Gasteiger partial charge < -0.3 is 5.32 Å². The molecule has 1 aromatic heterocycles. The molecule has 0 amide bonds. The molecule has 20 heavy (non-hydrogen) atoms. The maximum atomic E-state index is 13.4. The molecule has 5 nitrogen and oxygen atoms in total. The van der Waals surface area contributed by atoms with Crippen LogP contribution in [-0.4, -0.2) is 9.91 Å². The molecular weight excluding hydrogens is 268 g/mol. The molecule has 0 unspecified atom stereocenters. The molecular formula is C13H11F2N3O2. The summed E-state index contributed by atoms with van der Waals surface area (Å²) < 4.78 is 26.1. The van der Waals surface area contributed by atoms with Crippen LogP contribution in [0.1, 0.15) is 11.1 Å². The summed E-state index contributed by atoms with van der Waals surface area (Å²) >= 11 is 0. The van der Waals surface area contributed by atoms with Crippen molar-refractivity contribution >= 4 is 11.5 Å². The lowest BCUT2D eigenvalue weighted by Gasteiger charge is -2.09. The Balaban J connectivity index is 2.19. The van der Waals surface area contributed by atoms with Crippen molar-refractivity contribution in [3.8, 4) is 0 Å². The lowest BCUT2D eigenvalue weighted by atomic mass is 10.1. The number of nitro benzene ring substituents is 1. The number of hydrogen-bond donors (Lipinski definition) is 1. The molecule has 0 saturated carbocycles. The van der Waals surface area contributed by atoms with Crippen molar-refractivity contribution in [2.75, 3.05) is 5.32 Å². The van der Waals surface area contributed by atoms with E-state index in [1.54, 1.807) is 19.1 Å². The molecule has 0 spiro atoms. The number of aromatic nitrogens is 1. The van der Waals surface area contributed by atoms with E-state index in [-0.39, 0.29) is 18.1 Å². The number of pyridine rings is 1. The monoisotopic (exact) mass is 279 g/mol. The van der Waals surface area contributed by atoms with E-state index in [2.05, 4.69) is 10.3 Å². The highest BCUT2D eigenvalue weighted by molar-refractivity contribution is 5.46. The zero-order valence-electron chi connectivity index (χ0n) is 10.6. The quantitative estimate of drug-likeness (QED) is 0.689. The smallest absolute Gasteiger partial charge is 0.272 e. The summed E-state index contributed by atoms with van der Waals surface area (Å²) in [6.45, 7) is 1.77. The predicted molar refractivity (Wildman–Crippen MR) is 69.3 cm³/mol. The van der Waals surface area contributed by atoms with Gasteiger partial charge in [0.15, 0.2) is 11.6 Å². The Hall–Kier alpha value is -2.57. The minimum absolute atomic E-state index is 0.00293. The normalized spacial score (nSPS) is 10.3. The van der Waals surface area contributed by atoms with E-state index < -0.39 is 16.6 Å². The average Bonchev–Trinajstić information content (AvgIpc) is 2.39. The molecule has 1 N–H and O–H groups in total. The zero-order valence-corrected chi connectivity index (χ0v) is 10.6. The van der Waals surface area contributed by atoms with Crippen LogP contribution in [0.15, 0.2) is 30.5 Å². The second-order valence-electron chi connectivity index (χ2n) is 4.16. The molecule has 2 aromatic rings. The minimum Gasteiger partial charge on any atom is -0.364 e. The number of halogens is 2. The van der Waals surface area contributed by atoms with Crippen LogP contribution < -0.4 is 5.32 Å². The average molecular weight is 279 g/mol. The fourth-order valence-electron chi connectivity index (χ4n) is 1.78. The van der Waals surface area contributed by atoms with Crippen molar-refractivity contribution in [1.29, 1.82) is 0 Å². The maximum absolute atomic E-state index is 13.4. The van der Waals surface area contributed by atoms with Crippen molar-refractivity contribution in [3.05, 3.63) is 63.3 Å². The Morgan fingerprint density at radius 2 is 2.15 bits per heavy atom. The number of benzene rings is 1. The minimum atomic E-state index is -0.812. The van der Waals surface area contributed by atoms with Crippen LogP contribution in [-0.2, 0) is 6.54 Å². The number of nitro groups is 1. The molecule has 0 aliphatic heterocycles. The first-order valence-corrected chi connectivity index (χ1v) is 5.77.